The summed E-state index contributed by atoms with van der Waals surface area (Å²) in [5.41, 5.74) is 2.47. The van der Waals surface area contributed by atoms with E-state index in [1.54, 1.807) is 0 Å². The van der Waals surface area contributed by atoms with Crippen molar-refractivity contribution in [3.05, 3.63) is 47.7 Å². The molecule has 28 heavy (non-hydrogen) atoms. The Morgan fingerprint density at radius 1 is 0.893 bits per heavy atom. The highest BCUT2D eigenvalue weighted by Crippen LogP contribution is 2.19. The van der Waals surface area contributed by atoms with Crippen LogP contribution < -0.4 is 9.80 Å². The SMILES string of the molecule is Cc1cc(N2CCOCC2)nc(N2CCN(CCCc3ccccc3)CC2)n1. The molecule has 0 unspecified atom stereocenters. The number of anilines is 2. The third-order valence-electron chi connectivity index (χ3n) is 5.60. The van der Waals surface area contributed by atoms with Crippen LogP contribution >= 0.6 is 0 Å². The zero-order chi connectivity index (χ0) is 19.2. The van der Waals surface area contributed by atoms with Crippen LogP contribution in [0.5, 0.6) is 0 Å². The second kappa shape index (κ2) is 9.34. The predicted molar refractivity (Wildman–Crippen MR) is 113 cm³/mol. The summed E-state index contributed by atoms with van der Waals surface area (Å²) in [4.78, 5) is 16.8. The summed E-state index contributed by atoms with van der Waals surface area (Å²) in [6.07, 6.45) is 2.37. The van der Waals surface area contributed by atoms with Crippen LogP contribution in [-0.2, 0) is 11.2 Å². The number of hydrogen-bond acceptors (Lipinski definition) is 6. The van der Waals surface area contributed by atoms with Crippen LogP contribution in [0.1, 0.15) is 17.7 Å². The Morgan fingerprint density at radius 2 is 1.64 bits per heavy atom. The number of aromatic nitrogens is 2. The smallest absolute Gasteiger partial charge is 0.227 e. The van der Waals surface area contributed by atoms with Crippen LogP contribution in [0.25, 0.3) is 0 Å². The topological polar surface area (TPSA) is 44.7 Å². The maximum atomic E-state index is 5.47. The molecule has 0 N–H and O–H groups in total. The Labute approximate surface area is 168 Å². The molecule has 0 aliphatic carbocycles. The van der Waals surface area contributed by atoms with Gasteiger partial charge in [-0.15, -0.1) is 0 Å². The molecule has 4 rings (SSSR count). The normalized spacial score (nSPS) is 18.5. The first kappa shape index (κ1) is 19.2. The van der Waals surface area contributed by atoms with Gasteiger partial charge in [-0.3, -0.25) is 4.90 Å². The van der Waals surface area contributed by atoms with Gasteiger partial charge in [0.25, 0.3) is 0 Å². The lowest BCUT2D eigenvalue weighted by Crippen LogP contribution is -2.47. The minimum absolute atomic E-state index is 0.778. The van der Waals surface area contributed by atoms with Crippen molar-refractivity contribution in [1.29, 1.82) is 0 Å². The molecular weight excluding hydrogens is 350 g/mol. The van der Waals surface area contributed by atoms with Gasteiger partial charge in [-0.05, 0) is 31.9 Å². The van der Waals surface area contributed by atoms with Crippen molar-refractivity contribution in [1.82, 2.24) is 14.9 Å². The van der Waals surface area contributed by atoms with Crippen LogP contribution in [0.15, 0.2) is 36.4 Å². The lowest BCUT2D eigenvalue weighted by molar-refractivity contribution is 0.122. The first-order chi connectivity index (χ1) is 13.8. The lowest BCUT2D eigenvalue weighted by Gasteiger charge is -2.35. The van der Waals surface area contributed by atoms with Crippen LogP contribution in [0, 0.1) is 6.92 Å². The van der Waals surface area contributed by atoms with E-state index >= 15 is 0 Å². The van der Waals surface area contributed by atoms with Crippen LogP contribution in [0.4, 0.5) is 11.8 Å². The highest BCUT2D eigenvalue weighted by Gasteiger charge is 2.21. The molecule has 0 spiro atoms. The van der Waals surface area contributed by atoms with Crippen molar-refractivity contribution in [2.24, 2.45) is 0 Å². The highest BCUT2D eigenvalue weighted by atomic mass is 16.5. The molecule has 2 fully saturated rings. The lowest BCUT2D eigenvalue weighted by atomic mass is 10.1. The summed E-state index contributed by atoms with van der Waals surface area (Å²) >= 11 is 0. The largest absolute Gasteiger partial charge is 0.378 e. The van der Waals surface area contributed by atoms with Gasteiger partial charge in [-0.25, -0.2) is 4.98 Å². The summed E-state index contributed by atoms with van der Waals surface area (Å²) in [6.45, 7) is 10.8. The summed E-state index contributed by atoms with van der Waals surface area (Å²) in [5, 5.41) is 0. The molecule has 0 saturated carbocycles. The maximum absolute atomic E-state index is 5.47. The first-order valence-electron chi connectivity index (χ1n) is 10.5. The number of morpholine rings is 1. The van der Waals surface area contributed by atoms with Crippen molar-refractivity contribution >= 4 is 11.8 Å². The average molecular weight is 382 g/mol. The fraction of sp³-hybridized carbons (Fsp3) is 0.545. The van der Waals surface area contributed by atoms with Crippen molar-refractivity contribution in [2.45, 2.75) is 19.8 Å². The number of piperazine rings is 1. The third kappa shape index (κ3) is 5.00. The number of benzene rings is 1. The van der Waals surface area contributed by atoms with Crippen molar-refractivity contribution in [3.8, 4) is 0 Å². The molecule has 2 aliphatic rings. The van der Waals surface area contributed by atoms with E-state index in [1.807, 2.05) is 0 Å². The van der Waals surface area contributed by atoms with E-state index in [0.29, 0.717) is 0 Å². The Kier molecular flexibility index (Phi) is 6.39. The summed E-state index contributed by atoms with van der Waals surface area (Å²) in [7, 11) is 0. The number of aryl methyl sites for hydroxylation is 2. The third-order valence-corrected chi connectivity index (χ3v) is 5.60. The molecule has 0 atom stereocenters. The van der Waals surface area contributed by atoms with Gasteiger partial charge in [0.05, 0.1) is 13.2 Å². The molecule has 150 valence electrons. The number of hydrogen-bond donors (Lipinski definition) is 0. The second-order valence-corrected chi connectivity index (χ2v) is 7.68. The zero-order valence-corrected chi connectivity index (χ0v) is 16.9. The van der Waals surface area contributed by atoms with Gasteiger partial charge in [0, 0.05) is 51.0 Å². The van der Waals surface area contributed by atoms with Crippen LogP contribution in [0.3, 0.4) is 0 Å². The van der Waals surface area contributed by atoms with E-state index in [9.17, 15) is 0 Å². The molecular formula is C22H31N5O. The van der Waals surface area contributed by atoms with E-state index in [2.05, 4.69) is 58.0 Å². The average Bonchev–Trinajstić information content (AvgIpc) is 2.75. The van der Waals surface area contributed by atoms with E-state index in [-0.39, 0.29) is 0 Å². The van der Waals surface area contributed by atoms with Gasteiger partial charge in [0.2, 0.25) is 5.95 Å². The zero-order valence-electron chi connectivity index (χ0n) is 16.9. The number of nitrogens with zero attached hydrogens (tertiary/aromatic N) is 5. The van der Waals surface area contributed by atoms with Gasteiger partial charge in [0.1, 0.15) is 5.82 Å². The monoisotopic (exact) mass is 381 g/mol. The van der Waals surface area contributed by atoms with Crippen LogP contribution in [0.2, 0.25) is 0 Å². The van der Waals surface area contributed by atoms with Gasteiger partial charge in [0.15, 0.2) is 0 Å². The molecule has 0 amide bonds. The fourth-order valence-corrected chi connectivity index (χ4v) is 3.96. The minimum atomic E-state index is 0.778. The Balaban J connectivity index is 1.29. The van der Waals surface area contributed by atoms with Gasteiger partial charge >= 0.3 is 0 Å². The van der Waals surface area contributed by atoms with Crippen molar-refractivity contribution in [3.63, 3.8) is 0 Å². The molecule has 1 aromatic carbocycles. The van der Waals surface area contributed by atoms with E-state index in [1.165, 1.54) is 12.0 Å². The second-order valence-electron chi connectivity index (χ2n) is 7.68. The molecule has 1 aromatic heterocycles. The van der Waals surface area contributed by atoms with E-state index < -0.39 is 0 Å². The standard InChI is InChI=1S/C22H31N5O/c1-19-18-21(26-14-16-28-17-15-26)24-22(23-19)27-12-10-25(11-13-27)9-5-8-20-6-3-2-4-7-20/h2-4,6-7,18H,5,8-17H2,1H3. The molecule has 3 heterocycles. The molecule has 6 heteroatoms. The molecule has 0 radical (unpaired) electrons. The maximum Gasteiger partial charge on any atom is 0.227 e. The number of ether oxygens (including phenoxy) is 1. The van der Waals surface area contributed by atoms with Crippen molar-refractivity contribution in [2.75, 3.05) is 68.8 Å². The fourth-order valence-electron chi connectivity index (χ4n) is 3.96. The predicted octanol–water partition coefficient (Wildman–Crippen LogP) is 2.38. The van der Waals surface area contributed by atoms with Crippen LogP contribution in [-0.4, -0.2) is 73.9 Å². The Bertz CT molecular complexity index is 740. The van der Waals surface area contributed by atoms with E-state index in [4.69, 9.17) is 14.7 Å². The summed E-state index contributed by atoms with van der Waals surface area (Å²) in [6, 6.07) is 12.9. The number of rotatable bonds is 6. The molecule has 2 aliphatic heterocycles. The first-order valence-corrected chi connectivity index (χ1v) is 10.5. The minimum Gasteiger partial charge on any atom is -0.378 e. The highest BCUT2D eigenvalue weighted by molar-refractivity contribution is 5.46. The molecule has 0 bridgehead atoms. The van der Waals surface area contributed by atoms with Crippen molar-refractivity contribution < 1.29 is 4.74 Å². The van der Waals surface area contributed by atoms with Gasteiger partial charge < -0.3 is 14.5 Å². The molecule has 2 aromatic rings. The Hall–Kier alpha value is -2.18. The van der Waals surface area contributed by atoms with E-state index in [0.717, 1.165) is 82.9 Å². The molecule has 6 nitrogen and oxygen atoms in total. The van der Waals surface area contributed by atoms with Gasteiger partial charge in [-0.1, -0.05) is 30.3 Å². The van der Waals surface area contributed by atoms with Gasteiger partial charge in [-0.2, -0.15) is 4.98 Å². The Morgan fingerprint density at radius 3 is 2.39 bits per heavy atom. The summed E-state index contributed by atoms with van der Waals surface area (Å²) < 4.78 is 5.47. The summed E-state index contributed by atoms with van der Waals surface area (Å²) in [5.74, 6) is 1.92. The quantitative estimate of drug-likeness (QED) is 0.766. The molecule has 2 saturated heterocycles.